The van der Waals surface area contributed by atoms with Crippen LogP contribution in [0.3, 0.4) is 0 Å². The van der Waals surface area contributed by atoms with Gasteiger partial charge in [0.1, 0.15) is 11.6 Å². The molecule has 5 nitrogen and oxygen atoms in total. The van der Waals surface area contributed by atoms with Crippen LogP contribution in [0, 0.1) is 5.82 Å². The number of nitrogens with one attached hydrogen (secondary N) is 3. The lowest BCUT2D eigenvalue weighted by molar-refractivity contribution is -0.119. The lowest BCUT2D eigenvalue weighted by Crippen LogP contribution is -2.36. The van der Waals surface area contributed by atoms with E-state index in [4.69, 9.17) is 4.74 Å². The summed E-state index contributed by atoms with van der Waals surface area (Å²) in [6, 6.07) is 10.6. The van der Waals surface area contributed by atoms with Gasteiger partial charge in [-0.05, 0) is 35.9 Å². The average Bonchev–Trinajstić information content (AvgIpc) is 3.14. The third-order valence-electron chi connectivity index (χ3n) is 4.06. The van der Waals surface area contributed by atoms with E-state index in [1.807, 2.05) is 24.4 Å². The molecule has 1 aliphatic rings. The zero-order valence-electron chi connectivity index (χ0n) is 13.0. The molecule has 4 rings (SSSR count). The number of benzene rings is 2. The van der Waals surface area contributed by atoms with E-state index < -0.39 is 0 Å². The van der Waals surface area contributed by atoms with Gasteiger partial charge in [-0.15, -0.1) is 0 Å². The van der Waals surface area contributed by atoms with Gasteiger partial charge in [-0.1, -0.05) is 6.07 Å². The number of halogens is 1. The van der Waals surface area contributed by atoms with Crippen molar-refractivity contribution in [2.45, 2.75) is 13.2 Å². The Morgan fingerprint density at radius 1 is 1.29 bits per heavy atom. The molecular weight excluding hydrogens is 309 g/mol. The van der Waals surface area contributed by atoms with Crippen LogP contribution in [0.25, 0.3) is 22.0 Å². The number of H-pyrrole nitrogens is 1. The first-order chi connectivity index (χ1) is 11.6. The SMILES string of the molecule is CC(=O)NCC1Nc2cc(-c3c[nH]c4cc(F)ccc34)ccc2O1. The molecule has 3 N–H and O–H groups in total. The molecule has 0 saturated carbocycles. The first-order valence-electron chi connectivity index (χ1n) is 7.69. The fourth-order valence-electron chi connectivity index (χ4n) is 2.94. The first-order valence-corrected chi connectivity index (χ1v) is 7.69. The molecule has 24 heavy (non-hydrogen) atoms. The minimum Gasteiger partial charge on any atom is -0.467 e. The maximum atomic E-state index is 13.3. The lowest BCUT2D eigenvalue weighted by atomic mass is 10.0. The van der Waals surface area contributed by atoms with Crippen LogP contribution in [-0.4, -0.2) is 23.7 Å². The van der Waals surface area contributed by atoms with Crippen LogP contribution in [0.2, 0.25) is 0 Å². The highest BCUT2D eigenvalue weighted by Gasteiger charge is 2.22. The van der Waals surface area contributed by atoms with Crippen molar-refractivity contribution in [1.29, 1.82) is 0 Å². The van der Waals surface area contributed by atoms with Gasteiger partial charge >= 0.3 is 0 Å². The van der Waals surface area contributed by atoms with Gasteiger partial charge in [0.25, 0.3) is 0 Å². The second kappa shape index (κ2) is 5.56. The molecule has 0 fully saturated rings. The Bertz CT molecular complexity index is 935. The number of anilines is 1. The van der Waals surface area contributed by atoms with E-state index in [-0.39, 0.29) is 18.0 Å². The van der Waals surface area contributed by atoms with Crippen molar-refractivity contribution in [1.82, 2.24) is 10.3 Å². The van der Waals surface area contributed by atoms with E-state index in [0.717, 1.165) is 33.5 Å². The topological polar surface area (TPSA) is 66.2 Å². The van der Waals surface area contributed by atoms with Crippen LogP contribution < -0.4 is 15.4 Å². The molecule has 2 aromatic carbocycles. The van der Waals surface area contributed by atoms with E-state index in [1.165, 1.54) is 19.1 Å². The van der Waals surface area contributed by atoms with Gasteiger partial charge in [0.15, 0.2) is 6.23 Å². The fraction of sp³-hybridized carbons (Fsp3) is 0.167. The van der Waals surface area contributed by atoms with Gasteiger partial charge in [-0.2, -0.15) is 0 Å². The van der Waals surface area contributed by atoms with Crippen LogP contribution in [-0.2, 0) is 4.79 Å². The quantitative estimate of drug-likeness (QED) is 0.692. The van der Waals surface area contributed by atoms with Gasteiger partial charge in [-0.3, -0.25) is 4.79 Å². The highest BCUT2D eigenvalue weighted by atomic mass is 19.1. The van der Waals surface area contributed by atoms with Gasteiger partial charge in [0.2, 0.25) is 5.91 Å². The first kappa shape index (κ1) is 14.6. The largest absolute Gasteiger partial charge is 0.467 e. The van der Waals surface area contributed by atoms with E-state index in [2.05, 4.69) is 15.6 Å². The smallest absolute Gasteiger partial charge is 0.217 e. The molecule has 6 heteroatoms. The predicted octanol–water partition coefficient (Wildman–Crippen LogP) is 3.24. The number of aromatic amines is 1. The molecule has 0 radical (unpaired) electrons. The number of hydrogen-bond donors (Lipinski definition) is 3. The highest BCUT2D eigenvalue weighted by molar-refractivity contribution is 5.96. The van der Waals surface area contributed by atoms with Gasteiger partial charge in [-0.25, -0.2) is 4.39 Å². The Morgan fingerprint density at radius 2 is 2.17 bits per heavy atom. The summed E-state index contributed by atoms with van der Waals surface area (Å²) >= 11 is 0. The second-order valence-electron chi connectivity index (χ2n) is 5.79. The molecule has 0 saturated heterocycles. The van der Waals surface area contributed by atoms with E-state index in [0.29, 0.717) is 6.54 Å². The molecule has 0 bridgehead atoms. The number of ether oxygens (including phenoxy) is 1. The van der Waals surface area contributed by atoms with Crippen molar-refractivity contribution >= 4 is 22.5 Å². The predicted molar refractivity (Wildman–Crippen MR) is 90.4 cm³/mol. The number of rotatable bonds is 3. The highest BCUT2D eigenvalue weighted by Crippen LogP contribution is 2.37. The molecule has 1 atom stereocenters. The molecule has 0 spiro atoms. The monoisotopic (exact) mass is 325 g/mol. The normalized spacial score (nSPS) is 15.7. The number of carbonyl (C=O) groups is 1. The Hall–Kier alpha value is -3.02. The number of aromatic nitrogens is 1. The van der Waals surface area contributed by atoms with Gasteiger partial charge < -0.3 is 20.4 Å². The summed E-state index contributed by atoms with van der Waals surface area (Å²) in [4.78, 5) is 14.1. The van der Waals surface area contributed by atoms with Crippen LogP contribution in [0.5, 0.6) is 5.75 Å². The van der Waals surface area contributed by atoms with E-state index in [1.54, 1.807) is 6.07 Å². The number of amides is 1. The Kier molecular flexibility index (Phi) is 3.37. The summed E-state index contributed by atoms with van der Waals surface area (Å²) in [5.41, 5.74) is 3.64. The molecule has 1 aromatic heterocycles. The molecule has 3 aromatic rings. The second-order valence-corrected chi connectivity index (χ2v) is 5.79. The maximum Gasteiger partial charge on any atom is 0.217 e. The minimum absolute atomic E-state index is 0.0944. The molecule has 1 unspecified atom stereocenters. The van der Waals surface area contributed by atoms with Crippen LogP contribution >= 0.6 is 0 Å². The molecule has 1 amide bonds. The third kappa shape index (κ3) is 2.56. The van der Waals surface area contributed by atoms with Crippen molar-refractivity contribution in [2.75, 3.05) is 11.9 Å². The number of carbonyl (C=O) groups excluding carboxylic acids is 1. The standard InChI is InChI=1S/C18H16FN3O2/c1-10(23)20-9-18-22-16-6-11(2-5-17(16)24-18)14-8-21-15-7-12(19)3-4-13(14)15/h2-8,18,21-22H,9H2,1H3,(H,20,23). The summed E-state index contributed by atoms with van der Waals surface area (Å²) in [5.74, 6) is 0.392. The van der Waals surface area contributed by atoms with Gasteiger partial charge in [0.05, 0.1) is 12.2 Å². The Morgan fingerprint density at radius 3 is 3.00 bits per heavy atom. The van der Waals surface area contributed by atoms with Crippen molar-refractivity contribution in [3.05, 3.63) is 48.4 Å². The summed E-state index contributed by atoms with van der Waals surface area (Å²) in [7, 11) is 0. The summed E-state index contributed by atoms with van der Waals surface area (Å²) < 4.78 is 19.1. The van der Waals surface area contributed by atoms with Crippen molar-refractivity contribution < 1.29 is 13.9 Å². The van der Waals surface area contributed by atoms with Crippen molar-refractivity contribution in [3.63, 3.8) is 0 Å². The van der Waals surface area contributed by atoms with Gasteiger partial charge in [0, 0.05) is 29.6 Å². The van der Waals surface area contributed by atoms with Crippen LogP contribution in [0.1, 0.15) is 6.92 Å². The maximum absolute atomic E-state index is 13.3. The van der Waals surface area contributed by atoms with Crippen LogP contribution in [0.4, 0.5) is 10.1 Å². The fourth-order valence-corrected chi connectivity index (χ4v) is 2.94. The molecule has 1 aliphatic heterocycles. The van der Waals surface area contributed by atoms with E-state index >= 15 is 0 Å². The summed E-state index contributed by atoms with van der Waals surface area (Å²) in [6.45, 7) is 1.87. The molecule has 122 valence electrons. The summed E-state index contributed by atoms with van der Waals surface area (Å²) in [5, 5.41) is 6.93. The number of fused-ring (bicyclic) bond motifs is 2. The summed E-state index contributed by atoms with van der Waals surface area (Å²) in [6.07, 6.45) is 1.59. The zero-order valence-corrected chi connectivity index (χ0v) is 13.0. The molecular formula is C18H16FN3O2. The zero-order chi connectivity index (χ0) is 16.7. The number of hydrogen-bond acceptors (Lipinski definition) is 3. The van der Waals surface area contributed by atoms with E-state index in [9.17, 15) is 9.18 Å². The van der Waals surface area contributed by atoms with Crippen molar-refractivity contribution in [3.8, 4) is 16.9 Å². The molecule has 2 heterocycles. The average molecular weight is 325 g/mol. The molecule has 0 aliphatic carbocycles. The van der Waals surface area contributed by atoms with Crippen LogP contribution in [0.15, 0.2) is 42.6 Å². The third-order valence-corrected chi connectivity index (χ3v) is 4.06. The lowest BCUT2D eigenvalue weighted by Gasteiger charge is -2.10. The Labute approximate surface area is 137 Å². The minimum atomic E-state index is -0.281. The Balaban J connectivity index is 1.63. The van der Waals surface area contributed by atoms with Crippen molar-refractivity contribution in [2.24, 2.45) is 0 Å².